The fourth-order valence-electron chi connectivity index (χ4n) is 1.13. The zero-order chi connectivity index (χ0) is 10.7. The van der Waals surface area contributed by atoms with Gasteiger partial charge in [0.25, 0.3) is 0 Å². The van der Waals surface area contributed by atoms with Crippen LogP contribution in [0.25, 0.3) is 11.4 Å². The summed E-state index contributed by atoms with van der Waals surface area (Å²) in [4.78, 5) is 12.5. The second kappa shape index (κ2) is 4.59. The molecule has 0 unspecified atom stereocenters. The molecule has 0 aliphatic carbocycles. The van der Waals surface area contributed by atoms with E-state index >= 15 is 0 Å². The van der Waals surface area contributed by atoms with Gasteiger partial charge in [0, 0.05) is 24.0 Å². The SMILES string of the molecule is CSc1cc(Cl)nc(-c2cccnc2)n1. The summed E-state index contributed by atoms with van der Waals surface area (Å²) in [5, 5.41) is 1.31. The third-order valence-corrected chi connectivity index (χ3v) is 2.62. The van der Waals surface area contributed by atoms with Crippen molar-refractivity contribution in [2.75, 3.05) is 6.26 Å². The predicted octanol–water partition coefficient (Wildman–Crippen LogP) is 2.91. The van der Waals surface area contributed by atoms with Gasteiger partial charge in [-0.1, -0.05) is 11.6 Å². The average Bonchev–Trinajstić information content (AvgIpc) is 2.29. The molecule has 2 aromatic rings. The summed E-state index contributed by atoms with van der Waals surface area (Å²) in [6.45, 7) is 0. The maximum Gasteiger partial charge on any atom is 0.163 e. The van der Waals surface area contributed by atoms with E-state index in [0.717, 1.165) is 10.6 Å². The number of nitrogens with zero attached hydrogens (tertiary/aromatic N) is 3. The van der Waals surface area contributed by atoms with Crippen LogP contribution in [0.5, 0.6) is 0 Å². The van der Waals surface area contributed by atoms with Gasteiger partial charge in [-0.25, -0.2) is 9.97 Å². The average molecular weight is 238 g/mol. The van der Waals surface area contributed by atoms with Crippen molar-refractivity contribution in [1.29, 1.82) is 0 Å². The molecule has 2 rings (SSSR count). The minimum atomic E-state index is 0.452. The van der Waals surface area contributed by atoms with Crippen LogP contribution >= 0.6 is 23.4 Å². The van der Waals surface area contributed by atoms with Crippen molar-refractivity contribution in [2.24, 2.45) is 0 Å². The van der Waals surface area contributed by atoms with Crippen molar-refractivity contribution in [3.63, 3.8) is 0 Å². The van der Waals surface area contributed by atoms with Gasteiger partial charge in [-0.2, -0.15) is 0 Å². The monoisotopic (exact) mass is 237 g/mol. The largest absolute Gasteiger partial charge is 0.264 e. The molecular formula is C10H8ClN3S. The highest BCUT2D eigenvalue weighted by atomic mass is 35.5. The zero-order valence-corrected chi connectivity index (χ0v) is 9.59. The lowest BCUT2D eigenvalue weighted by Gasteiger charge is -2.02. The minimum absolute atomic E-state index is 0.452. The van der Waals surface area contributed by atoms with E-state index in [1.165, 1.54) is 11.8 Å². The molecule has 5 heteroatoms. The third-order valence-electron chi connectivity index (χ3n) is 1.80. The van der Waals surface area contributed by atoms with Gasteiger partial charge < -0.3 is 0 Å². The molecule has 0 atom stereocenters. The lowest BCUT2D eigenvalue weighted by Crippen LogP contribution is -1.91. The number of aromatic nitrogens is 3. The van der Waals surface area contributed by atoms with Crippen LogP contribution in [0, 0.1) is 0 Å². The molecule has 0 saturated carbocycles. The van der Waals surface area contributed by atoms with Gasteiger partial charge in [0.2, 0.25) is 0 Å². The van der Waals surface area contributed by atoms with E-state index in [-0.39, 0.29) is 0 Å². The number of rotatable bonds is 2. The first-order chi connectivity index (χ1) is 7.29. The van der Waals surface area contributed by atoms with Crippen molar-refractivity contribution >= 4 is 23.4 Å². The van der Waals surface area contributed by atoms with E-state index in [1.807, 2.05) is 18.4 Å². The van der Waals surface area contributed by atoms with Crippen LogP contribution < -0.4 is 0 Å². The summed E-state index contributed by atoms with van der Waals surface area (Å²) >= 11 is 7.43. The Bertz CT molecular complexity index is 461. The molecule has 0 fully saturated rings. The number of thioether (sulfide) groups is 1. The number of pyridine rings is 1. The molecule has 0 saturated heterocycles. The Morgan fingerprint density at radius 3 is 2.87 bits per heavy atom. The second-order valence-electron chi connectivity index (χ2n) is 2.80. The van der Waals surface area contributed by atoms with Gasteiger partial charge in [0.1, 0.15) is 10.2 Å². The molecule has 2 aromatic heterocycles. The van der Waals surface area contributed by atoms with Crippen molar-refractivity contribution in [3.8, 4) is 11.4 Å². The molecule has 15 heavy (non-hydrogen) atoms. The molecule has 0 aromatic carbocycles. The van der Waals surface area contributed by atoms with E-state index in [1.54, 1.807) is 18.5 Å². The van der Waals surface area contributed by atoms with Crippen LogP contribution in [0.3, 0.4) is 0 Å². The molecule has 3 nitrogen and oxygen atoms in total. The summed E-state index contributed by atoms with van der Waals surface area (Å²) in [7, 11) is 0. The van der Waals surface area contributed by atoms with Gasteiger partial charge in [-0.05, 0) is 18.4 Å². The van der Waals surface area contributed by atoms with Crippen molar-refractivity contribution in [2.45, 2.75) is 5.03 Å². The maximum absolute atomic E-state index is 5.89. The highest BCUT2D eigenvalue weighted by Gasteiger charge is 2.04. The van der Waals surface area contributed by atoms with Gasteiger partial charge in [-0.15, -0.1) is 11.8 Å². The standard InChI is InChI=1S/C10H8ClN3S/c1-15-9-5-8(11)13-10(14-9)7-3-2-4-12-6-7/h2-6H,1H3. The topological polar surface area (TPSA) is 38.7 Å². The van der Waals surface area contributed by atoms with E-state index in [9.17, 15) is 0 Å². The van der Waals surface area contributed by atoms with Crippen LogP contribution in [0.4, 0.5) is 0 Å². The summed E-state index contributed by atoms with van der Waals surface area (Å²) in [5.41, 5.74) is 0.871. The first-order valence-corrected chi connectivity index (χ1v) is 5.89. The Kier molecular flexibility index (Phi) is 3.18. The highest BCUT2D eigenvalue weighted by Crippen LogP contribution is 2.21. The van der Waals surface area contributed by atoms with Crippen LogP contribution in [-0.4, -0.2) is 21.2 Å². The lowest BCUT2D eigenvalue weighted by molar-refractivity contribution is 1.06. The molecule has 0 radical (unpaired) electrons. The fourth-order valence-corrected chi connectivity index (χ4v) is 1.78. The molecule has 0 amide bonds. The quantitative estimate of drug-likeness (QED) is 0.595. The van der Waals surface area contributed by atoms with E-state index in [0.29, 0.717) is 11.0 Å². The molecule has 0 aliphatic heterocycles. The van der Waals surface area contributed by atoms with Crippen molar-refractivity contribution < 1.29 is 0 Å². The Morgan fingerprint density at radius 2 is 2.20 bits per heavy atom. The Balaban J connectivity index is 2.49. The van der Waals surface area contributed by atoms with E-state index in [4.69, 9.17) is 11.6 Å². The molecule has 0 bridgehead atoms. The van der Waals surface area contributed by atoms with Gasteiger partial charge >= 0.3 is 0 Å². The van der Waals surface area contributed by atoms with Crippen molar-refractivity contribution in [1.82, 2.24) is 15.0 Å². The number of hydrogen-bond acceptors (Lipinski definition) is 4. The van der Waals surface area contributed by atoms with Crippen LogP contribution in [0.15, 0.2) is 35.6 Å². The van der Waals surface area contributed by atoms with E-state index in [2.05, 4.69) is 15.0 Å². The predicted molar refractivity (Wildman–Crippen MR) is 62.1 cm³/mol. The first-order valence-electron chi connectivity index (χ1n) is 4.28. The number of hydrogen-bond donors (Lipinski definition) is 0. The number of halogens is 1. The molecule has 2 heterocycles. The van der Waals surface area contributed by atoms with Gasteiger partial charge in [0.15, 0.2) is 5.82 Å². The summed E-state index contributed by atoms with van der Waals surface area (Å²) < 4.78 is 0. The highest BCUT2D eigenvalue weighted by molar-refractivity contribution is 7.98. The van der Waals surface area contributed by atoms with Crippen LogP contribution in [0.1, 0.15) is 0 Å². The zero-order valence-electron chi connectivity index (χ0n) is 8.01. The Morgan fingerprint density at radius 1 is 1.33 bits per heavy atom. The normalized spacial score (nSPS) is 10.3. The minimum Gasteiger partial charge on any atom is -0.264 e. The third kappa shape index (κ3) is 2.46. The Labute approximate surface area is 96.9 Å². The van der Waals surface area contributed by atoms with E-state index < -0.39 is 0 Å². The first kappa shape index (κ1) is 10.4. The van der Waals surface area contributed by atoms with Gasteiger partial charge in [-0.3, -0.25) is 4.98 Å². The molecule has 76 valence electrons. The fraction of sp³-hybridized carbons (Fsp3) is 0.100. The Hall–Kier alpha value is -1.13. The second-order valence-corrected chi connectivity index (χ2v) is 4.01. The van der Waals surface area contributed by atoms with Crippen LogP contribution in [0.2, 0.25) is 5.15 Å². The molecule has 0 N–H and O–H groups in total. The lowest BCUT2D eigenvalue weighted by atomic mass is 10.3. The van der Waals surface area contributed by atoms with Gasteiger partial charge in [0.05, 0.1) is 0 Å². The smallest absolute Gasteiger partial charge is 0.163 e. The summed E-state index contributed by atoms with van der Waals surface area (Å²) in [6, 6.07) is 5.49. The van der Waals surface area contributed by atoms with Crippen LogP contribution in [-0.2, 0) is 0 Å². The molecule has 0 aliphatic rings. The summed E-state index contributed by atoms with van der Waals surface area (Å²) in [5.74, 6) is 0.611. The molecule has 0 spiro atoms. The summed E-state index contributed by atoms with van der Waals surface area (Å²) in [6.07, 6.45) is 5.38. The molecular weight excluding hydrogens is 230 g/mol. The maximum atomic E-state index is 5.89. The van der Waals surface area contributed by atoms with Crippen molar-refractivity contribution in [3.05, 3.63) is 35.7 Å².